The molecule has 0 spiro atoms. The molecule has 0 saturated heterocycles. The molecule has 1 amide bonds. The molecule has 0 bridgehead atoms. The maximum absolute atomic E-state index is 12.8. The lowest BCUT2D eigenvalue weighted by Gasteiger charge is -2.27. The highest BCUT2D eigenvalue weighted by Gasteiger charge is 2.23. The second-order valence-corrected chi connectivity index (χ2v) is 10.1. The van der Waals surface area contributed by atoms with Gasteiger partial charge in [-0.1, -0.05) is 75.1 Å². The van der Waals surface area contributed by atoms with Crippen LogP contribution in [0.2, 0.25) is 0 Å². The van der Waals surface area contributed by atoms with Crippen LogP contribution in [0.5, 0.6) is 5.75 Å². The first-order valence-electron chi connectivity index (χ1n) is 13.1. The molecule has 0 fully saturated rings. The van der Waals surface area contributed by atoms with E-state index in [1.54, 1.807) is 0 Å². The summed E-state index contributed by atoms with van der Waals surface area (Å²) in [5.74, 6) is 0.219. The van der Waals surface area contributed by atoms with E-state index < -0.39 is 17.7 Å². The predicted molar refractivity (Wildman–Crippen MR) is 143 cm³/mol. The number of para-hydroxylation sites is 1. The third-order valence-corrected chi connectivity index (χ3v) is 5.78. The molecule has 198 valence electrons. The van der Waals surface area contributed by atoms with Gasteiger partial charge in [0.2, 0.25) is 0 Å². The van der Waals surface area contributed by atoms with Crippen molar-refractivity contribution in [1.82, 2.24) is 4.90 Å². The largest absolute Gasteiger partial charge is 0.478 e. The Morgan fingerprint density at radius 1 is 0.861 bits per heavy atom. The third-order valence-electron chi connectivity index (χ3n) is 5.78. The van der Waals surface area contributed by atoms with E-state index in [-0.39, 0.29) is 6.09 Å². The first-order valence-corrected chi connectivity index (χ1v) is 13.1. The molecular formula is C30H43NO5. The smallest absolute Gasteiger partial charge is 0.410 e. The van der Waals surface area contributed by atoms with E-state index in [0.717, 1.165) is 30.4 Å². The van der Waals surface area contributed by atoms with Crippen LogP contribution in [-0.2, 0) is 27.1 Å². The molecule has 2 aromatic rings. The van der Waals surface area contributed by atoms with Gasteiger partial charge in [0, 0.05) is 19.5 Å². The Balaban J connectivity index is 1.97. The number of esters is 1. The maximum Gasteiger partial charge on any atom is 0.410 e. The van der Waals surface area contributed by atoms with Gasteiger partial charge in [-0.25, -0.2) is 9.59 Å². The predicted octanol–water partition coefficient (Wildman–Crippen LogP) is 6.60. The summed E-state index contributed by atoms with van der Waals surface area (Å²) in [5, 5.41) is 0. The first-order chi connectivity index (χ1) is 17.2. The van der Waals surface area contributed by atoms with Gasteiger partial charge in [-0.05, 0) is 56.9 Å². The number of rotatable bonds is 14. The molecule has 0 N–H and O–H groups in total. The zero-order valence-electron chi connectivity index (χ0n) is 22.6. The van der Waals surface area contributed by atoms with Gasteiger partial charge in [-0.15, -0.1) is 0 Å². The summed E-state index contributed by atoms with van der Waals surface area (Å²) >= 11 is 0. The molecule has 0 aliphatic carbocycles. The lowest BCUT2D eigenvalue weighted by molar-refractivity contribution is -0.148. The fourth-order valence-corrected chi connectivity index (χ4v) is 3.82. The van der Waals surface area contributed by atoms with Crippen LogP contribution in [0.4, 0.5) is 4.79 Å². The van der Waals surface area contributed by atoms with Crippen molar-refractivity contribution in [3.05, 3.63) is 65.7 Å². The normalized spacial score (nSPS) is 12.0. The van der Waals surface area contributed by atoms with Gasteiger partial charge < -0.3 is 19.1 Å². The number of carbonyl (C=O) groups is 2. The van der Waals surface area contributed by atoms with Gasteiger partial charge in [0.15, 0.2) is 6.10 Å². The Morgan fingerprint density at radius 3 is 2.11 bits per heavy atom. The molecular weight excluding hydrogens is 454 g/mol. The number of ether oxygens (including phenoxy) is 3. The summed E-state index contributed by atoms with van der Waals surface area (Å²) in [6.45, 7) is 9.19. The summed E-state index contributed by atoms with van der Waals surface area (Å²) in [4.78, 5) is 26.9. The SMILES string of the molecule is CCCCCCCN(CCc1ccc(CC(Oc2ccccc2)C(=O)OC)cc1)C(=O)OC(C)(C)C. The van der Waals surface area contributed by atoms with Crippen molar-refractivity contribution in [3.63, 3.8) is 0 Å². The van der Waals surface area contributed by atoms with Gasteiger partial charge in [0.25, 0.3) is 0 Å². The number of benzene rings is 2. The fourth-order valence-electron chi connectivity index (χ4n) is 3.82. The quantitative estimate of drug-likeness (QED) is 0.217. The number of amides is 1. The molecule has 1 atom stereocenters. The van der Waals surface area contributed by atoms with Crippen LogP contribution in [0.25, 0.3) is 0 Å². The number of hydrogen-bond donors (Lipinski definition) is 0. The highest BCUT2D eigenvalue weighted by molar-refractivity contribution is 5.75. The van der Waals surface area contributed by atoms with Crippen LogP contribution in [0.3, 0.4) is 0 Å². The lowest BCUT2D eigenvalue weighted by atomic mass is 10.0. The lowest BCUT2D eigenvalue weighted by Crippen LogP contribution is -2.38. The maximum atomic E-state index is 12.8. The van der Waals surface area contributed by atoms with E-state index in [1.165, 1.54) is 26.4 Å². The first kappa shape index (κ1) is 29.2. The minimum absolute atomic E-state index is 0.256. The molecule has 0 heterocycles. The number of methoxy groups -OCH3 is 1. The van der Waals surface area contributed by atoms with Crippen molar-refractivity contribution in [3.8, 4) is 5.75 Å². The Hall–Kier alpha value is -3.02. The molecule has 2 rings (SSSR count). The average molecular weight is 498 g/mol. The molecule has 1 unspecified atom stereocenters. The van der Waals surface area contributed by atoms with Crippen LogP contribution >= 0.6 is 0 Å². The van der Waals surface area contributed by atoms with Gasteiger partial charge in [0.1, 0.15) is 11.4 Å². The summed E-state index contributed by atoms with van der Waals surface area (Å²) in [6.07, 6.45) is 5.88. The number of hydrogen-bond acceptors (Lipinski definition) is 5. The molecule has 0 saturated carbocycles. The van der Waals surface area contributed by atoms with Crippen molar-refractivity contribution >= 4 is 12.1 Å². The molecule has 6 nitrogen and oxygen atoms in total. The van der Waals surface area contributed by atoms with E-state index in [4.69, 9.17) is 14.2 Å². The second-order valence-electron chi connectivity index (χ2n) is 10.1. The van der Waals surface area contributed by atoms with Crippen LogP contribution in [0, 0.1) is 0 Å². The number of nitrogens with zero attached hydrogens (tertiary/aromatic N) is 1. The van der Waals surface area contributed by atoms with E-state index in [9.17, 15) is 9.59 Å². The monoisotopic (exact) mass is 497 g/mol. The molecule has 0 aromatic heterocycles. The summed E-state index contributed by atoms with van der Waals surface area (Å²) < 4.78 is 16.5. The molecule has 0 aliphatic rings. The van der Waals surface area contributed by atoms with Gasteiger partial charge in [0.05, 0.1) is 7.11 Å². The topological polar surface area (TPSA) is 65.1 Å². The highest BCUT2D eigenvalue weighted by Crippen LogP contribution is 2.17. The standard InChI is InChI=1S/C30H43NO5/c1-6-7-8-9-13-21-31(29(33)36-30(2,3)4)22-20-24-16-18-25(19-17-24)23-27(28(32)34-5)35-26-14-11-10-12-15-26/h10-12,14-19,27H,6-9,13,20-23H2,1-5H3. The minimum atomic E-state index is -0.724. The minimum Gasteiger partial charge on any atom is -0.478 e. The van der Waals surface area contributed by atoms with Gasteiger partial charge in [-0.3, -0.25) is 0 Å². The molecule has 6 heteroatoms. The summed E-state index contributed by atoms with van der Waals surface area (Å²) in [5.41, 5.74) is 1.58. The Labute approximate surface area is 216 Å². The average Bonchev–Trinajstić information content (AvgIpc) is 2.85. The number of carbonyl (C=O) groups excluding carboxylic acids is 2. The van der Waals surface area contributed by atoms with E-state index in [2.05, 4.69) is 6.92 Å². The molecule has 36 heavy (non-hydrogen) atoms. The third kappa shape index (κ3) is 11.1. The van der Waals surface area contributed by atoms with E-state index in [1.807, 2.05) is 80.3 Å². The van der Waals surface area contributed by atoms with Crippen LogP contribution in [0.1, 0.15) is 70.9 Å². The number of unbranched alkanes of at least 4 members (excludes halogenated alkanes) is 4. The Morgan fingerprint density at radius 2 is 1.50 bits per heavy atom. The van der Waals surface area contributed by atoms with E-state index in [0.29, 0.717) is 25.3 Å². The molecule has 0 aliphatic heterocycles. The van der Waals surface area contributed by atoms with E-state index >= 15 is 0 Å². The fraction of sp³-hybridized carbons (Fsp3) is 0.533. The molecule has 0 radical (unpaired) electrons. The Kier molecular flexibility index (Phi) is 12.3. The van der Waals surface area contributed by atoms with Crippen molar-refractivity contribution in [2.45, 2.75) is 84.3 Å². The van der Waals surface area contributed by atoms with Crippen LogP contribution in [-0.4, -0.2) is 48.9 Å². The van der Waals surface area contributed by atoms with Gasteiger partial charge in [-0.2, -0.15) is 0 Å². The molecule has 2 aromatic carbocycles. The van der Waals surface area contributed by atoms with Crippen molar-refractivity contribution in [2.75, 3.05) is 20.2 Å². The summed E-state index contributed by atoms with van der Waals surface area (Å²) in [6, 6.07) is 17.4. The van der Waals surface area contributed by atoms with Crippen LogP contribution in [0.15, 0.2) is 54.6 Å². The van der Waals surface area contributed by atoms with Crippen molar-refractivity contribution in [2.24, 2.45) is 0 Å². The van der Waals surface area contributed by atoms with Crippen molar-refractivity contribution < 1.29 is 23.8 Å². The highest BCUT2D eigenvalue weighted by atomic mass is 16.6. The summed E-state index contributed by atoms with van der Waals surface area (Å²) in [7, 11) is 1.37. The second kappa shape index (κ2) is 15.2. The van der Waals surface area contributed by atoms with Crippen LogP contribution < -0.4 is 4.74 Å². The Bertz CT molecular complexity index is 905. The van der Waals surface area contributed by atoms with Crippen molar-refractivity contribution in [1.29, 1.82) is 0 Å². The zero-order chi connectivity index (χ0) is 26.4. The van der Waals surface area contributed by atoms with Gasteiger partial charge >= 0.3 is 12.1 Å². The zero-order valence-corrected chi connectivity index (χ0v) is 22.6.